The van der Waals surface area contributed by atoms with E-state index in [0.717, 1.165) is 0 Å². The zero-order chi connectivity index (χ0) is 16.8. The third-order valence-electron chi connectivity index (χ3n) is 2.86. The van der Waals surface area contributed by atoms with Crippen molar-refractivity contribution < 1.29 is 24.2 Å². The summed E-state index contributed by atoms with van der Waals surface area (Å²) in [5.41, 5.74) is 0.747. The van der Waals surface area contributed by atoms with E-state index in [1.807, 2.05) is 0 Å². The summed E-state index contributed by atoms with van der Waals surface area (Å²) in [5, 5.41) is 11.7. The molecule has 0 aliphatic heterocycles. The SMILES string of the molecule is COc1ccc(Cl)cc1C(=O)Nc1cccc(OCC(=O)O)c1. The maximum atomic E-state index is 12.3. The van der Waals surface area contributed by atoms with Gasteiger partial charge in [0.1, 0.15) is 11.5 Å². The molecular formula is C16H14ClNO5. The van der Waals surface area contributed by atoms with Crippen LogP contribution in [-0.2, 0) is 4.79 Å². The first-order valence-electron chi connectivity index (χ1n) is 6.59. The van der Waals surface area contributed by atoms with Crippen molar-refractivity contribution in [3.63, 3.8) is 0 Å². The van der Waals surface area contributed by atoms with Gasteiger partial charge in [0.15, 0.2) is 6.61 Å². The fraction of sp³-hybridized carbons (Fsp3) is 0.125. The highest BCUT2D eigenvalue weighted by Gasteiger charge is 2.13. The Hall–Kier alpha value is -2.73. The van der Waals surface area contributed by atoms with Gasteiger partial charge in [0.25, 0.3) is 5.91 Å². The van der Waals surface area contributed by atoms with Gasteiger partial charge < -0.3 is 19.9 Å². The van der Waals surface area contributed by atoms with E-state index in [2.05, 4.69) is 5.32 Å². The molecule has 0 aromatic heterocycles. The number of ether oxygens (including phenoxy) is 2. The summed E-state index contributed by atoms with van der Waals surface area (Å²) in [5.74, 6) is -0.753. The molecule has 23 heavy (non-hydrogen) atoms. The number of carbonyl (C=O) groups is 2. The van der Waals surface area contributed by atoms with Gasteiger partial charge in [0.2, 0.25) is 0 Å². The second kappa shape index (κ2) is 7.51. The van der Waals surface area contributed by atoms with Crippen molar-refractivity contribution in [1.82, 2.24) is 0 Å². The molecule has 0 aliphatic rings. The van der Waals surface area contributed by atoms with Crippen molar-refractivity contribution in [2.24, 2.45) is 0 Å². The summed E-state index contributed by atoms with van der Waals surface area (Å²) in [6.07, 6.45) is 0. The second-order valence-corrected chi connectivity index (χ2v) is 4.95. The molecule has 0 spiro atoms. The predicted molar refractivity (Wildman–Crippen MR) is 85.5 cm³/mol. The van der Waals surface area contributed by atoms with Gasteiger partial charge in [-0.05, 0) is 30.3 Å². The number of aliphatic carboxylic acids is 1. The Morgan fingerprint density at radius 3 is 2.70 bits per heavy atom. The summed E-state index contributed by atoms with van der Waals surface area (Å²) in [6.45, 7) is -0.459. The predicted octanol–water partition coefficient (Wildman–Crippen LogP) is 3.06. The summed E-state index contributed by atoms with van der Waals surface area (Å²) >= 11 is 5.91. The van der Waals surface area contributed by atoms with E-state index in [0.29, 0.717) is 22.2 Å². The summed E-state index contributed by atoms with van der Waals surface area (Å²) in [6, 6.07) is 11.1. The molecule has 6 nitrogen and oxygen atoms in total. The largest absolute Gasteiger partial charge is 0.496 e. The van der Waals surface area contributed by atoms with Gasteiger partial charge in [-0.15, -0.1) is 0 Å². The number of rotatable bonds is 6. The van der Waals surface area contributed by atoms with Gasteiger partial charge in [-0.25, -0.2) is 4.79 Å². The molecule has 0 fully saturated rings. The van der Waals surface area contributed by atoms with Gasteiger partial charge in [-0.3, -0.25) is 4.79 Å². The third kappa shape index (κ3) is 4.62. The molecule has 0 heterocycles. The van der Waals surface area contributed by atoms with E-state index in [1.54, 1.807) is 30.3 Å². The Morgan fingerprint density at radius 1 is 1.22 bits per heavy atom. The van der Waals surface area contributed by atoms with Crippen LogP contribution >= 0.6 is 11.6 Å². The van der Waals surface area contributed by atoms with Gasteiger partial charge in [-0.2, -0.15) is 0 Å². The van der Waals surface area contributed by atoms with Crippen LogP contribution in [0, 0.1) is 0 Å². The lowest BCUT2D eigenvalue weighted by Crippen LogP contribution is -2.13. The lowest BCUT2D eigenvalue weighted by molar-refractivity contribution is -0.139. The molecule has 7 heteroatoms. The zero-order valence-corrected chi connectivity index (χ0v) is 13.0. The van der Waals surface area contributed by atoms with Crippen molar-refractivity contribution in [3.8, 4) is 11.5 Å². The van der Waals surface area contributed by atoms with Crippen molar-refractivity contribution in [3.05, 3.63) is 53.1 Å². The lowest BCUT2D eigenvalue weighted by atomic mass is 10.2. The quantitative estimate of drug-likeness (QED) is 0.847. The molecule has 2 aromatic carbocycles. The van der Waals surface area contributed by atoms with Gasteiger partial charge in [0.05, 0.1) is 12.7 Å². The fourth-order valence-corrected chi connectivity index (χ4v) is 2.04. The number of nitrogens with one attached hydrogen (secondary N) is 1. The number of hydrogen-bond donors (Lipinski definition) is 2. The monoisotopic (exact) mass is 335 g/mol. The Labute approximate surface area is 137 Å². The van der Waals surface area contributed by atoms with Crippen LogP contribution in [0.25, 0.3) is 0 Å². The molecule has 0 saturated heterocycles. The molecule has 0 aliphatic carbocycles. The van der Waals surface area contributed by atoms with E-state index < -0.39 is 18.5 Å². The lowest BCUT2D eigenvalue weighted by Gasteiger charge is -2.11. The van der Waals surface area contributed by atoms with Crippen LogP contribution in [0.4, 0.5) is 5.69 Å². The van der Waals surface area contributed by atoms with Crippen LogP contribution in [0.5, 0.6) is 11.5 Å². The maximum Gasteiger partial charge on any atom is 0.341 e. The minimum atomic E-state index is -1.08. The van der Waals surface area contributed by atoms with Gasteiger partial charge in [0, 0.05) is 16.8 Å². The molecule has 0 saturated carbocycles. The number of halogens is 1. The van der Waals surface area contributed by atoms with E-state index in [1.165, 1.54) is 19.2 Å². The first-order valence-corrected chi connectivity index (χ1v) is 6.97. The van der Waals surface area contributed by atoms with Crippen molar-refractivity contribution in [2.75, 3.05) is 19.0 Å². The number of hydrogen-bond acceptors (Lipinski definition) is 4. The minimum Gasteiger partial charge on any atom is -0.496 e. The number of amides is 1. The normalized spacial score (nSPS) is 10.0. The van der Waals surface area contributed by atoms with Crippen LogP contribution in [-0.4, -0.2) is 30.7 Å². The van der Waals surface area contributed by atoms with E-state index >= 15 is 0 Å². The van der Waals surface area contributed by atoms with E-state index in [4.69, 9.17) is 26.2 Å². The average molecular weight is 336 g/mol. The van der Waals surface area contributed by atoms with Crippen molar-refractivity contribution in [2.45, 2.75) is 0 Å². The van der Waals surface area contributed by atoms with Crippen LogP contribution in [0.15, 0.2) is 42.5 Å². The topological polar surface area (TPSA) is 84.9 Å². The first kappa shape index (κ1) is 16.6. The van der Waals surface area contributed by atoms with Crippen molar-refractivity contribution >= 4 is 29.2 Å². The van der Waals surface area contributed by atoms with E-state index in [9.17, 15) is 9.59 Å². The summed E-state index contributed by atoms with van der Waals surface area (Å²) in [4.78, 5) is 22.8. The minimum absolute atomic E-state index is 0.289. The second-order valence-electron chi connectivity index (χ2n) is 4.51. The molecule has 0 atom stereocenters. The van der Waals surface area contributed by atoms with E-state index in [-0.39, 0.29) is 5.56 Å². The maximum absolute atomic E-state index is 12.3. The van der Waals surface area contributed by atoms with Crippen molar-refractivity contribution in [1.29, 1.82) is 0 Å². The smallest absolute Gasteiger partial charge is 0.341 e. The Balaban J connectivity index is 2.15. The Morgan fingerprint density at radius 2 is 2.00 bits per heavy atom. The number of anilines is 1. The molecule has 2 aromatic rings. The molecular weight excluding hydrogens is 322 g/mol. The zero-order valence-electron chi connectivity index (χ0n) is 12.2. The molecule has 120 valence electrons. The Bertz CT molecular complexity index is 732. The highest BCUT2D eigenvalue weighted by atomic mass is 35.5. The highest BCUT2D eigenvalue weighted by Crippen LogP contribution is 2.24. The number of benzene rings is 2. The number of carboxylic acid groups (broad SMARTS) is 1. The standard InChI is InChI=1S/C16H14ClNO5/c1-22-14-6-5-10(17)7-13(14)16(21)18-11-3-2-4-12(8-11)23-9-15(19)20/h2-8H,9H2,1H3,(H,18,21)(H,19,20). The number of methoxy groups -OCH3 is 1. The molecule has 0 bridgehead atoms. The van der Waals surface area contributed by atoms with Crippen LogP contribution in [0.1, 0.15) is 10.4 Å². The van der Waals surface area contributed by atoms with Gasteiger partial charge in [-0.1, -0.05) is 17.7 Å². The van der Waals surface area contributed by atoms with Crippen LogP contribution in [0.2, 0.25) is 5.02 Å². The van der Waals surface area contributed by atoms with Crippen LogP contribution in [0.3, 0.4) is 0 Å². The molecule has 2 rings (SSSR count). The molecule has 1 amide bonds. The summed E-state index contributed by atoms with van der Waals surface area (Å²) in [7, 11) is 1.46. The highest BCUT2D eigenvalue weighted by molar-refractivity contribution is 6.31. The fourth-order valence-electron chi connectivity index (χ4n) is 1.86. The Kier molecular flexibility index (Phi) is 5.43. The number of carbonyl (C=O) groups excluding carboxylic acids is 1. The average Bonchev–Trinajstić information content (AvgIpc) is 2.53. The number of carboxylic acids is 1. The molecule has 2 N–H and O–H groups in total. The van der Waals surface area contributed by atoms with Gasteiger partial charge >= 0.3 is 5.97 Å². The summed E-state index contributed by atoms with van der Waals surface area (Å²) < 4.78 is 10.2. The molecule has 0 radical (unpaired) electrons. The molecule has 0 unspecified atom stereocenters. The van der Waals surface area contributed by atoms with Crippen LogP contribution < -0.4 is 14.8 Å². The first-order chi connectivity index (χ1) is 11.0. The third-order valence-corrected chi connectivity index (χ3v) is 3.10.